The van der Waals surface area contributed by atoms with Crippen LogP contribution in [-0.4, -0.2) is 29.2 Å². The highest BCUT2D eigenvalue weighted by molar-refractivity contribution is 5.81. The molecule has 1 unspecified atom stereocenters. The van der Waals surface area contributed by atoms with Gasteiger partial charge in [0.15, 0.2) is 0 Å². The summed E-state index contributed by atoms with van der Waals surface area (Å²) in [4.78, 5) is 21.2. The van der Waals surface area contributed by atoms with Crippen LogP contribution in [0.3, 0.4) is 0 Å². The summed E-state index contributed by atoms with van der Waals surface area (Å²) < 4.78 is 0. The van der Waals surface area contributed by atoms with E-state index in [2.05, 4.69) is 10.5 Å². The van der Waals surface area contributed by atoms with Crippen molar-refractivity contribution in [2.24, 2.45) is 10.8 Å². The van der Waals surface area contributed by atoms with Crippen molar-refractivity contribution >= 4 is 18.1 Å². The van der Waals surface area contributed by atoms with E-state index in [0.717, 1.165) is 11.1 Å². The van der Waals surface area contributed by atoms with Crippen molar-refractivity contribution in [1.29, 1.82) is 0 Å². The molecule has 6 nitrogen and oxygen atoms in total. The van der Waals surface area contributed by atoms with Crippen LogP contribution in [0.2, 0.25) is 0 Å². The number of hydrazone groups is 1. The summed E-state index contributed by atoms with van der Waals surface area (Å²) in [6.45, 7) is 1.37. The van der Waals surface area contributed by atoms with Crippen LogP contribution in [0, 0.1) is 0 Å². The number of nitrogens with two attached hydrogens (primary N) is 1. The molecule has 0 aliphatic rings. The van der Waals surface area contributed by atoms with Crippen molar-refractivity contribution in [2.45, 2.75) is 19.4 Å². The average Bonchev–Trinajstić information content (AvgIpc) is 2.30. The molecule has 1 rings (SSSR count). The molecule has 1 atom stereocenters. The Morgan fingerprint density at radius 2 is 2.06 bits per heavy atom. The van der Waals surface area contributed by atoms with Crippen LogP contribution >= 0.6 is 0 Å². The second-order valence-corrected chi connectivity index (χ2v) is 3.82. The molecule has 0 saturated heterocycles. The molecule has 0 aromatic heterocycles. The number of aliphatic carboxylic acids is 1. The van der Waals surface area contributed by atoms with Gasteiger partial charge in [0.05, 0.1) is 6.21 Å². The number of nitrogens with zero attached hydrogens (tertiary/aromatic N) is 1. The molecule has 0 saturated carbocycles. The minimum atomic E-state index is -1.02. The van der Waals surface area contributed by atoms with Gasteiger partial charge in [0, 0.05) is 6.92 Å². The molecule has 0 heterocycles. The molecule has 0 aliphatic carbocycles. The smallest absolute Gasteiger partial charge is 0.320 e. The normalized spacial score (nSPS) is 12.3. The Morgan fingerprint density at radius 3 is 2.56 bits per heavy atom. The van der Waals surface area contributed by atoms with Gasteiger partial charge in [-0.1, -0.05) is 24.3 Å². The third kappa shape index (κ3) is 4.75. The van der Waals surface area contributed by atoms with E-state index in [-0.39, 0.29) is 12.3 Å². The van der Waals surface area contributed by atoms with Gasteiger partial charge in [-0.25, -0.2) is 5.43 Å². The first-order valence-electron chi connectivity index (χ1n) is 5.36. The van der Waals surface area contributed by atoms with Crippen LogP contribution in [0.1, 0.15) is 18.1 Å². The van der Waals surface area contributed by atoms with Crippen LogP contribution in [0.5, 0.6) is 0 Å². The zero-order valence-electron chi connectivity index (χ0n) is 9.96. The molecule has 0 radical (unpaired) electrons. The molecule has 4 N–H and O–H groups in total. The number of carbonyl (C=O) groups is 2. The molecule has 0 aliphatic heterocycles. The zero-order valence-corrected chi connectivity index (χ0v) is 9.96. The maximum absolute atomic E-state index is 10.6. The third-order valence-corrected chi connectivity index (χ3v) is 2.19. The summed E-state index contributed by atoms with van der Waals surface area (Å²) in [6, 6.07) is 6.20. The van der Waals surface area contributed by atoms with E-state index < -0.39 is 12.0 Å². The van der Waals surface area contributed by atoms with Crippen LogP contribution in [0.25, 0.3) is 0 Å². The quantitative estimate of drug-likeness (QED) is 0.508. The van der Waals surface area contributed by atoms with Crippen molar-refractivity contribution in [3.05, 3.63) is 35.4 Å². The molecule has 0 bridgehead atoms. The van der Waals surface area contributed by atoms with Gasteiger partial charge in [0.2, 0.25) is 5.91 Å². The topological polar surface area (TPSA) is 105 Å². The summed E-state index contributed by atoms with van der Waals surface area (Å²) in [7, 11) is 0. The number of hydrogen-bond acceptors (Lipinski definition) is 4. The highest BCUT2D eigenvalue weighted by Gasteiger charge is 2.11. The third-order valence-electron chi connectivity index (χ3n) is 2.19. The summed E-state index contributed by atoms with van der Waals surface area (Å²) >= 11 is 0. The zero-order chi connectivity index (χ0) is 13.5. The monoisotopic (exact) mass is 249 g/mol. The van der Waals surface area contributed by atoms with E-state index in [4.69, 9.17) is 10.8 Å². The van der Waals surface area contributed by atoms with E-state index in [1.807, 2.05) is 0 Å². The number of rotatable bonds is 5. The minimum absolute atomic E-state index is 0.240. The van der Waals surface area contributed by atoms with Gasteiger partial charge in [-0.3, -0.25) is 9.59 Å². The molecule has 18 heavy (non-hydrogen) atoms. The molecule has 6 heteroatoms. The summed E-state index contributed by atoms with van der Waals surface area (Å²) in [5.41, 5.74) is 9.35. The first-order valence-corrected chi connectivity index (χ1v) is 5.36. The Kier molecular flexibility index (Phi) is 5.01. The lowest BCUT2D eigenvalue weighted by molar-refractivity contribution is -0.138. The number of nitrogens with one attached hydrogen (secondary N) is 1. The number of hydrogen-bond donors (Lipinski definition) is 3. The maximum atomic E-state index is 10.6. The van der Waals surface area contributed by atoms with Crippen molar-refractivity contribution in [2.75, 3.05) is 0 Å². The second kappa shape index (κ2) is 6.51. The molecule has 96 valence electrons. The van der Waals surface area contributed by atoms with Crippen LogP contribution in [-0.2, 0) is 16.0 Å². The predicted molar refractivity (Wildman–Crippen MR) is 67.2 cm³/mol. The van der Waals surface area contributed by atoms with Crippen molar-refractivity contribution in [3.8, 4) is 0 Å². The molecule has 0 fully saturated rings. The Morgan fingerprint density at radius 1 is 1.44 bits per heavy atom. The highest BCUT2D eigenvalue weighted by Crippen LogP contribution is 2.05. The molecule has 0 spiro atoms. The second-order valence-electron chi connectivity index (χ2n) is 3.82. The summed E-state index contributed by atoms with van der Waals surface area (Å²) in [5, 5.41) is 12.4. The molecule has 1 aromatic rings. The molecule has 1 aromatic carbocycles. The lowest BCUT2D eigenvalue weighted by Crippen LogP contribution is -2.32. The van der Waals surface area contributed by atoms with E-state index in [9.17, 15) is 9.59 Å². The summed E-state index contributed by atoms with van der Waals surface area (Å²) in [6.07, 6.45) is 1.78. The fraction of sp³-hybridized carbons (Fsp3) is 0.250. The van der Waals surface area contributed by atoms with E-state index in [1.54, 1.807) is 24.3 Å². The van der Waals surface area contributed by atoms with Crippen LogP contribution < -0.4 is 11.2 Å². The Labute approximate surface area is 104 Å². The maximum Gasteiger partial charge on any atom is 0.320 e. The fourth-order valence-corrected chi connectivity index (χ4v) is 1.28. The van der Waals surface area contributed by atoms with Gasteiger partial charge in [-0.15, -0.1) is 0 Å². The van der Waals surface area contributed by atoms with Crippen molar-refractivity contribution in [3.63, 3.8) is 0 Å². The van der Waals surface area contributed by atoms with Gasteiger partial charge in [-0.05, 0) is 17.5 Å². The Balaban J connectivity index is 2.60. The predicted octanol–water partition coefficient (Wildman–Crippen LogP) is 0.111. The number of carboxylic acid groups (broad SMARTS) is 1. The van der Waals surface area contributed by atoms with Crippen molar-refractivity contribution < 1.29 is 14.7 Å². The number of amides is 1. The average molecular weight is 249 g/mol. The van der Waals surface area contributed by atoms with Gasteiger partial charge in [-0.2, -0.15) is 5.10 Å². The first-order chi connectivity index (χ1) is 8.49. The van der Waals surface area contributed by atoms with Gasteiger partial charge >= 0.3 is 5.97 Å². The van der Waals surface area contributed by atoms with E-state index >= 15 is 0 Å². The summed E-state index contributed by atoms with van der Waals surface area (Å²) in [5.74, 6) is -1.26. The highest BCUT2D eigenvalue weighted by atomic mass is 16.4. The van der Waals surface area contributed by atoms with Gasteiger partial charge in [0.1, 0.15) is 6.04 Å². The molecular weight excluding hydrogens is 234 g/mol. The fourth-order valence-electron chi connectivity index (χ4n) is 1.28. The lowest BCUT2D eigenvalue weighted by atomic mass is 10.1. The van der Waals surface area contributed by atoms with E-state index in [1.165, 1.54) is 13.1 Å². The van der Waals surface area contributed by atoms with Gasteiger partial charge < -0.3 is 10.8 Å². The SMILES string of the molecule is CC(=O)N/N=C/c1ccc(CC(N)C(=O)O)cc1. The Bertz CT molecular complexity index is 454. The Hall–Kier alpha value is -2.21. The standard InChI is InChI=1S/C12H15N3O3/c1-8(16)15-14-7-10-4-2-9(3-5-10)6-11(13)12(17)18/h2-5,7,11H,6,13H2,1H3,(H,15,16)(H,17,18)/b14-7+. The first kappa shape index (κ1) is 13.9. The lowest BCUT2D eigenvalue weighted by Gasteiger charge is -2.06. The minimum Gasteiger partial charge on any atom is -0.480 e. The van der Waals surface area contributed by atoms with Gasteiger partial charge in [0.25, 0.3) is 0 Å². The van der Waals surface area contributed by atoms with Crippen LogP contribution in [0.15, 0.2) is 29.4 Å². The largest absolute Gasteiger partial charge is 0.480 e. The van der Waals surface area contributed by atoms with Crippen molar-refractivity contribution in [1.82, 2.24) is 5.43 Å². The number of benzene rings is 1. The van der Waals surface area contributed by atoms with E-state index in [0.29, 0.717) is 0 Å². The number of carboxylic acids is 1. The molecule has 1 amide bonds. The number of carbonyl (C=O) groups excluding carboxylic acids is 1. The van der Waals surface area contributed by atoms with Crippen LogP contribution in [0.4, 0.5) is 0 Å². The molecular formula is C12H15N3O3.